The van der Waals surface area contributed by atoms with E-state index in [4.69, 9.17) is 16.3 Å². The number of hydrogen-bond acceptors (Lipinski definition) is 4. The quantitative estimate of drug-likeness (QED) is 0.488. The van der Waals surface area contributed by atoms with Crippen molar-refractivity contribution in [3.63, 3.8) is 0 Å². The Morgan fingerprint density at radius 2 is 1.88 bits per heavy atom. The second-order valence-electron chi connectivity index (χ2n) is 7.56. The standard InChI is InChI=1S/C24H30ClFN2O3S/c1-5-16(2)27-24(30)17(3)28(13-18-9-11-19(31-4)12-10-18)23(29)15-32-14-20-21(25)7-6-8-22(20)26/h6-12,16-17H,5,13-15H2,1-4H3,(H,27,30). The van der Waals surface area contributed by atoms with Crippen LogP contribution < -0.4 is 10.1 Å². The van der Waals surface area contributed by atoms with Gasteiger partial charge < -0.3 is 15.0 Å². The molecule has 0 aromatic heterocycles. The maximum atomic E-state index is 14.0. The third-order valence-electron chi connectivity index (χ3n) is 5.21. The minimum Gasteiger partial charge on any atom is -0.497 e. The first kappa shape index (κ1) is 26.0. The van der Waals surface area contributed by atoms with Crippen molar-refractivity contribution < 1.29 is 18.7 Å². The average Bonchev–Trinajstić information content (AvgIpc) is 2.79. The number of carbonyl (C=O) groups excluding carboxylic acids is 2. The molecule has 2 unspecified atom stereocenters. The number of rotatable bonds is 11. The van der Waals surface area contributed by atoms with E-state index in [0.717, 1.165) is 12.0 Å². The van der Waals surface area contributed by atoms with E-state index in [1.165, 1.54) is 17.8 Å². The van der Waals surface area contributed by atoms with Gasteiger partial charge in [0, 0.05) is 28.9 Å². The highest BCUT2D eigenvalue weighted by Crippen LogP contribution is 2.24. The number of halogens is 2. The van der Waals surface area contributed by atoms with Crippen LogP contribution in [0.25, 0.3) is 0 Å². The Balaban J connectivity index is 2.12. The van der Waals surface area contributed by atoms with E-state index < -0.39 is 11.9 Å². The van der Waals surface area contributed by atoms with Crippen molar-refractivity contribution in [2.75, 3.05) is 12.9 Å². The van der Waals surface area contributed by atoms with Gasteiger partial charge in [0.05, 0.1) is 12.9 Å². The van der Waals surface area contributed by atoms with Crippen LogP contribution in [0, 0.1) is 5.82 Å². The highest BCUT2D eigenvalue weighted by atomic mass is 35.5. The Kier molecular flexibility index (Phi) is 10.3. The monoisotopic (exact) mass is 480 g/mol. The lowest BCUT2D eigenvalue weighted by Gasteiger charge is -2.29. The van der Waals surface area contributed by atoms with Gasteiger partial charge in [-0.15, -0.1) is 11.8 Å². The van der Waals surface area contributed by atoms with Gasteiger partial charge in [-0.25, -0.2) is 4.39 Å². The molecule has 0 aliphatic heterocycles. The fourth-order valence-corrected chi connectivity index (χ4v) is 4.22. The molecule has 32 heavy (non-hydrogen) atoms. The van der Waals surface area contributed by atoms with Gasteiger partial charge in [-0.3, -0.25) is 9.59 Å². The molecule has 1 N–H and O–H groups in total. The van der Waals surface area contributed by atoms with Crippen LogP contribution in [-0.2, 0) is 21.9 Å². The molecule has 0 radical (unpaired) electrons. The van der Waals surface area contributed by atoms with E-state index in [1.54, 1.807) is 31.1 Å². The van der Waals surface area contributed by atoms with Crippen LogP contribution in [0.2, 0.25) is 5.02 Å². The molecule has 2 aromatic carbocycles. The zero-order valence-corrected chi connectivity index (χ0v) is 20.4. The third kappa shape index (κ3) is 7.41. The number of ether oxygens (including phenoxy) is 1. The topological polar surface area (TPSA) is 58.6 Å². The van der Waals surface area contributed by atoms with Gasteiger partial charge in [0.1, 0.15) is 17.6 Å². The largest absolute Gasteiger partial charge is 0.497 e. The van der Waals surface area contributed by atoms with Crippen LogP contribution >= 0.6 is 23.4 Å². The van der Waals surface area contributed by atoms with E-state index in [2.05, 4.69) is 5.32 Å². The Morgan fingerprint density at radius 3 is 2.47 bits per heavy atom. The third-order valence-corrected chi connectivity index (χ3v) is 6.51. The minimum absolute atomic E-state index is 0.0143. The highest BCUT2D eigenvalue weighted by Gasteiger charge is 2.26. The van der Waals surface area contributed by atoms with E-state index in [-0.39, 0.29) is 35.9 Å². The van der Waals surface area contributed by atoms with Crippen molar-refractivity contribution in [3.8, 4) is 5.75 Å². The van der Waals surface area contributed by atoms with E-state index in [0.29, 0.717) is 16.3 Å². The summed E-state index contributed by atoms with van der Waals surface area (Å²) < 4.78 is 19.2. The molecule has 0 fully saturated rings. The fraction of sp³-hybridized carbons (Fsp3) is 0.417. The molecular formula is C24H30ClFN2O3S. The summed E-state index contributed by atoms with van der Waals surface area (Å²) in [6.45, 7) is 5.91. The maximum Gasteiger partial charge on any atom is 0.242 e. The normalized spacial score (nSPS) is 12.7. The van der Waals surface area contributed by atoms with Gasteiger partial charge in [0.25, 0.3) is 0 Å². The molecule has 0 aliphatic rings. The summed E-state index contributed by atoms with van der Waals surface area (Å²) in [4.78, 5) is 27.4. The Hall–Kier alpha value is -2.25. The van der Waals surface area contributed by atoms with E-state index in [9.17, 15) is 14.0 Å². The number of carbonyl (C=O) groups is 2. The molecule has 2 rings (SSSR count). The van der Waals surface area contributed by atoms with Crippen molar-refractivity contribution in [1.29, 1.82) is 0 Å². The second kappa shape index (κ2) is 12.7. The molecule has 0 saturated heterocycles. The van der Waals surface area contributed by atoms with Gasteiger partial charge in [-0.1, -0.05) is 36.7 Å². The SMILES string of the molecule is CCC(C)NC(=O)C(C)N(Cc1ccc(OC)cc1)C(=O)CSCc1c(F)cccc1Cl. The van der Waals surface area contributed by atoms with Crippen molar-refractivity contribution in [2.24, 2.45) is 0 Å². The first-order valence-electron chi connectivity index (χ1n) is 10.5. The van der Waals surface area contributed by atoms with Gasteiger partial charge in [0.15, 0.2) is 0 Å². The molecule has 2 atom stereocenters. The van der Waals surface area contributed by atoms with E-state index in [1.807, 2.05) is 38.1 Å². The van der Waals surface area contributed by atoms with E-state index >= 15 is 0 Å². The Bertz CT molecular complexity index is 890. The summed E-state index contributed by atoms with van der Waals surface area (Å²) in [5.41, 5.74) is 1.25. The zero-order chi connectivity index (χ0) is 23.7. The molecule has 2 aromatic rings. The lowest BCUT2D eigenvalue weighted by atomic mass is 10.1. The van der Waals surface area contributed by atoms with Crippen LogP contribution in [-0.4, -0.2) is 41.7 Å². The lowest BCUT2D eigenvalue weighted by Crippen LogP contribution is -2.50. The predicted octanol–water partition coefficient (Wildman–Crippen LogP) is 5.05. The highest BCUT2D eigenvalue weighted by molar-refractivity contribution is 7.99. The van der Waals surface area contributed by atoms with Crippen molar-refractivity contribution in [1.82, 2.24) is 10.2 Å². The molecule has 2 amide bonds. The molecule has 0 bridgehead atoms. The summed E-state index contributed by atoms with van der Waals surface area (Å²) in [5.74, 6) is 0.275. The molecule has 0 spiro atoms. The number of benzene rings is 2. The Morgan fingerprint density at radius 1 is 1.19 bits per heavy atom. The molecular weight excluding hydrogens is 451 g/mol. The van der Waals surface area contributed by atoms with Gasteiger partial charge in [0.2, 0.25) is 11.8 Å². The van der Waals surface area contributed by atoms with Gasteiger partial charge >= 0.3 is 0 Å². The summed E-state index contributed by atoms with van der Waals surface area (Å²) >= 11 is 7.35. The predicted molar refractivity (Wildman–Crippen MR) is 128 cm³/mol. The van der Waals surface area contributed by atoms with Gasteiger partial charge in [-0.05, 0) is 50.1 Å². The maximum absolute atomic E-state index is 14.0. The van der Waals surface area contributed by atoms with Gasteiger partial charge in [-0.2, -0.15) is 0 Å². The molecule has 0 aliphatic carbocycles. The lowest BCUT2D eigenvalue weighted by molar-refractivity contribution is -0.138. The van der Waals surface area contributed by atoms with Crippen LogP contribution in [0.5, 0.6) is 5.75 Å². The van der Waals surface area contributed by atoms with Crippen molar-refractivity contribution >= 4 is 35.2 Å². The first-order chi connectivity index (χ1) is 15.3. The second-order valence-corrected chi connectivity index (χ2v) is 8.95. The number of nitrogens with one attached hydrogen (secondary N) is 1. The molecule has 5 nitrogen and oxygen atoms in total. The number of hydrogen-bond donors (Lipinski definition) is 1. The van der Waals surface area contributed by atoms with Crippen LogP contribution in [0.3, 0.4) is 0 Å². The summed E-state index contributed by atoms with van der Waals surface area (Å²) in [5, 5.41) is 3.27. The van der Waals surface area contributed by atoms with Crippen molar-refractivity contribution in [3.05, 3.63) is 64.4 Å². The number of amides is 2. The van der Waals surface area contributed by atoms with Crippen LogP contribution in [0.1, 0.15) is 38.3 Å². The molecule has 8 heteroatoms. The number of methoxy groups -OCH3 is 1. The summed E-state index contributed by atoms with van der Waals surface area (Å²) in [7, 11) is 1.59. The number of nitrogens with zero attached hydrogens (tertiary/aromatic N) is 1. The average molecular weight is 481 g/mol. The smallest absolute Gasteiger partial charge is 0.242 e. The first-order valence-corrected chi connectivity index (χ1v) is 12.0. The fourth-order valence-electron chi connectivity index (χ4n) is 2.97. The molecule has 0 heterocycles. The molecule has 174 valence electrons. The molecule has 0 saturated carbocycles. The summed E-state index contributed by atoms with van der Waals surface area (Å²) in [6.07, 6.45) is 0.796. The van der Waals surface area contributed by atoms with Crippen molar-refractivity contribution in [2.45, 2.75) is 51.6 Å². The van der Waals surface area contributed by atoms with Crippen LogP contribution in [0.15, 0.2) is 42.5 Å². The summed E-state index contributed by atoms with van der Waals surface area (Å²) in [6, 6.07) is 11.2. The van der Waals surface area contributed by atoms with Crippen LogP contribution in [0.4, 0.5) is 4.39 Å². The Labute approximate surface area is 198 Å². The number of thioether (sulfide) groups is 1. The minimum atomic E-state index is -0.656. The zero-order valence-electron chi connectivity index (χ0n) is 18.9.